The fraction of sp³-hybridized carbons (Fsp3) is 0.600. The van der Waals surface area contributed by atoms with Crippen molar-refractivity contribution in [2.45, 2.75) is 38.2 Å². The number of likely N-dealkylation sites (tertiary alicyclic amines) is 1. The Morgan fingerprint density at radius 1 is 1.19 bits per heavy atom. The molecule has 1 amide bonds. The molecular weight excluding hydrogens is 334 g/mol. The molecule has 26 heavy (non-hydrogen) atoms. The maximum atomic E-state index is 12.2. The number of ether oxygens (including phenoxy) is 2. The van der Waals surface area contributed by atoms with Crippen LogP contribution in [-0.2, 0) is 25.5 Å². The minimum Gasteiger partial charge on any atom is -0.467 e. The number of carbonyl (C=O) groups is 2. The lowest BCUT2D eigenvalue weighted by Gasteiger charge is -2.33. The van der Waals surface area contributed by atoms with Crippen molar-refractivity contribution in [3.05, 3.63) is 35.9 Å². The number of piperidine rings is 1. The average Bonchev–Trinajstić information content (AvgIpc) is 2.70. The van der Waals surface area contributed by atoms with Gasteiger partial charge in [-0.05, 0) is 37.2 Å². The first kappa shape index (κ1) is 20.4. The van der Waals surface area contributed by atoms with Crippen molar-refractivity contribution in [3.8, 4) is 0 Å². The van der Waals surface area contributed by atoms with Gasteiger partial charge >= 0.3 is 5.97 Å². The van der Waals surface area contributed by atoms with Crippen LogP contribution < -0.4 is 0 Å². The molecule has 0 aromatic heterocycles. The molecule has 144 valence electrons. The highest BCUT2D eigenvalue weighted by atomic mass is 16.5. The number of aliphatic hydroxyl groups is 1. The van der Waals surface area contributed by atoms with Gasteiger partial charge in [-0.1, -0.05) is 30.3 Å². The number of rotatable bonds is 9. The third kappa shape index (κ3) is 6.42. The Labute approximate surface area is 155 Å². The van der Waals surface area contributed by atoms with E-state index in [2.05, 4.69) is 16.9 Å². The summed E-state index contributed by atoms with van der Waals surface area (Å²) in [6.07, 6.45) is 2.21. The fourth-order valence-corrected chi connectivity index (χ4v) is 3.20. The van der Waals surface area contributed by atoms with Crippen LogP contribution in [0.5, 0.6) is 0 Å². The zero-order chi connectivity index (χ0) is 18.8. The SMILES string of the molecule is COC(=O)C(O)C1CCN(C(=O)CCCOCCc2ccccc2)CC1. The Morgan fingerprint density at radius 2 is 1.88 bits per heavy atom. The van der Waals surface area contributed by atoms with E-state index in [0.717, 1.165) is 6.42 Å². The largest absolute Gasteiger partial charge is 0.467 e. The molecule has 2 rings (SSSR count). The van der Waals surface area contributed by atoms with Crippen LogP contribution in [0.1, 0.15) is 31.2 Å². The van der Waals surface area contributed by atoms with Crippen molar-refractivity contribution in [1.82, 2.24) is 4.90 Å². The van der Waals surface area contributed by atoms with Gasteiger partial charge in [0.05, 0.1) is 13.7 Å². The number of nitrogens with zero attached hydrogens (tertiary/aromatic N) is 1. The molecule has 1 aromatic carbocycles. The van der Waals surface area contributed by atoms with Crippen molar-refractivity contribution >= 4 is 11.9 Å². The molecule has 1 N–H and O–H groups in total. The molecule has 1 fully saturated rings. The summed E-state index contributed by atoms with van der Waals surface area (Å²) in [5.41, 5.74) is 1.25. The molecule has 0 saturated carbocycles. The van der Waals surface area contributed by atoms with Crippen molar-refractivity contribution in [2.75, 3.05) is 33.4 Å². The number of carbonyl (C=O) groups excluding carboxylic acids is 2. The standard InChI is InChI=1S/C20H29NO5/c1-25-20(24)19(23)17-9-12-21(13-10-17)18(22)8-5-14-26-15-11-16-6-3-2-4-7-16/h2-4,6-7,17,19,23H,5,8-15H2,1H3. The van der Waals surface area contributed by atoms with Crippen LogP contribution in [0.15, 0.2) is 30.3 Å². The van der Waals surface area contributed by atoms with Gasteiger partial charge in [-0.3, -0.25) is 4.79 Å². The monoisotopic (exact) mass is 363 g/mol. The van der Waals surface area contributed by atoms with E-state index in [0.29, 0.717) is 52.0 Å². The number of hydrogen-bond acceptors (Lipinski definition) is 5. The predicted molar refractivity (Wildman–Crippen MR) is 97.5 cm³/mol. The molecule has 1 aliphatic heterocycles. The zero-order valence-electron chi connectivity index (χ0n) is 15.4. The lowest BCUT2D eigenvalue weighted by molar-refractivity contribution is -0.154. The first-order valence-electron chi connectivity index (χ1n) is 9.27. The summed E-state index contributed by atoms with van der Waals surface area (Å²) in [7, 11) is 1.27. The van der Waals surface area contributed by atoms with Crippen LogP contribution in [0.2, 0.25) is 0 Å². The zero-order valence-corrected chi connectivity index (χ0v) is 15.4. The van der Waals surface area contributed by atoms with Crippen LogP contribution >= 0.6 is 0 Å². The third-order valence-electron chi connectivity index (χ3n) is 4.84. The number of methoxy groups -OCH3 is 1. The summed E-state index contributed by atoms with van der Waals surface area (Å²) in [4.78, 5) is 25.4. The van der Waals surface area contributed by atoms with Crippen molar-refractivity contribution in [1.29, 1.82) is 0 Å². The Bertz CT molecular complexity index is 555. The number of benzene rings is 1. The Morgan fingerprint density at radius 3 is 2.54 bits per heavy atom. The minimum atomic E-state index is -1.09. The summed E-state index contributed by atoms with van der Waals surface area (Å²) in [5, 5.41) is 9.88. The molecule has 0 spiro atoms. The van der Waals surface area contributed by atoms with Crippen LogP contribution in [0, 0.1) is 5.92 Å². The first-order valence-corrected chi connectivity index (χ1v) is 9.27. The molecule has 1 saturated heterocycles. The Hall–Kier alpha value is -1.92. The van der Waals surface area contributed by atoms with Gasteiger partial charge in [0.25, 0.3) is 0 Å². The van der Waals surface area contributed by atoms with Gasteiger partial charge in [-0.25, -0.2) is 4.79 Å². The molecular formula is C20H29NO5. The highest BCUT2D eigenvalue weighted by molar-refractivity contribution is 5.76. The maximum Gasteiger partial charge on any atom is 0.334 e. The summed E-state index contributed by atoms with van der Waals surface area (Å²) in [5.74, 6) is -0.613. The van der Waals surface area contributed by atoms with Gasteiger partial charge in [-0.15, -0.1) is 0 Å². The highest BCUT2D eigenvalue weighted by Gasteiger charge is 2.31. The number of amides is 1. The lowest BCUT2D eigenvalue weighted by atomic mass is 9.91. The van der Waals surface area contributed by atoms with E-state index in [1.165, 1.54) is 12.7 Å². The van der Waals surface area contributed by atoms with Gasteiger partial charge in [-0.2, -0.15) is 0 Å². The second-order valence-electron chi connectivity index (χ2n) is 6.64. The van der Waals surface area contributed by atoms with Gasteiger partial charge in [0, 0.05) is 26.1 Å². The van der Waals surface area contributed by atoms with Crippen LogP contribution in [0.4, 0.5) is 0 Å². The van der Waals surface area contributed by atoms with Gasteiger partial charge in [0.1, 0.15) is 0 Å². The quantitative estimate of drug-likeness (QED) is 0.535. The van der Waals surface area contributed by atoms with E-state index in [1.807, 2.05) is 23.1 Å². The third-order valence-corrected chi connectivity index (χ3v) is 4.84. The summed E-state index contributed by atoms with van der Waals surface area (Å²) in [6.45, 7) is 2.39. The lowest BCUT2D eigenvalue weighted by Crippen LogP contribution is -2.43. The number of esters is 1. The molecule has 6 nitrogen and oxygen atoms in total. The van der Waals surface area contributed by atoms with E-state index in [4.69, 9.17) is 4.74 Å². The highest BCUT2D eigenvalue weighted by Crippen LogP contribution is 2.22. The number of hydrogen-bond donors (Lipinski definition) is 1. The second kappa shape index (κ2) is 10.9. The van der Waals surface area contributed by atoms with E-state index >= 15 is 0 Å². The van der Waals surface area contributed by atoms with Crippen LogP contribution in [-0.4, -0.2) is 61.4 Å². The maximum absolute atomic E-state index is 12.2. The van der Waals surface area contributed by atoms with Crippen molar-refractivity contribution in [2.24, 2.45) is 5.92 Å². The summed E-state index contributed by atoms with van der Waals surface area (Å²) in [6, 6.07) is 10.2. The first-order chi connectivity index (χ1) is 12.6. The van der Waals surface area contributed by atoms with Crippen molar-refractivity contribution < 1.29 is 24.2 Å². The molecule has 0 aliphatic carbocycles. The summed E-state index contributed by atoms with van der Waals surface area (Å²) < 4.78 is 10.2. The van der Waals surface area contributed by atoms with E-state index in [-0.39, 0.29) is 11.8 Å². The minimum absolute atomic E-state index is 0.114. The van der Waals surface area contributed by atoms with E-state index in [1.54, 1.807) is 0 Å². The number of aliphatic hydroxyl groups excluding tert-OH is 1. The predicted octanol–water partition coefficient (Wildman–Crippen LogP) is 1.80. The van der Waals surface area contributed by atoms with Gasteiger partial charge in [0.2, 0.25) is 5.91 Å². The molecule has 1 atom stereocenters. The van der Waals surface area contributed by atoms with E-state index in [9.17, 15) is 14.7 Å². The molecule has 1 unspecified atom stereocenters. The van der Waals surface area contributed by atoms with E-state index < -0.39 is 12.1 Å². The normalized spacial score (nSPS) is 16.3. The molecule has 1 aromatic rings. The molecule has 0 radical (unpaired) electrons. The van der Waals surface area contributed by atoms with Gasteiger partial charge < -0.3 is 19.5 Å². The smallest absolute Gasteiger partial charge is 0.334 e. The van der Waals surface area contributed by atoms with Crippen LogP contribution in [0.3, 0.4) is 0 Å². The van der Waals surface area contributed by atoms with Crippen molar-refractivity contribution in [3.63, 3.8) is 0 Å². The molecule has 0 bridgehead atoms. The summed E-state index contributed by atoms with van der Waals surface area (Å²) >= 11 is 0. The van der Waals surface area contributed by atoms with Crippen LogP contribution in [0.25, 0.3) is 0 Å². The Balaban J connectivity index is 1.56. The molecule has 6 heteroatoms. The fourth-order valence-electron chi connectivity index (χ4n) is 3.20. The van der Waals surface area contributed by atoms with Gasteiger partial charge in [0.15, 0.2) is 6.10 Å². The topological polar surface area (TPSA) is 76.1 Å². The molecule has 1 heterocycles. The molecule has 1 aliphatic rings. The second-order valence-corrected chi connectivity index (χ2v) is 6.64. The average molecular weight is 363 g/mol. The Kier molecular flexibility index (Phi) is 8.58.